The highest BCUT2D eigenvalue weighted by atomic mass is 16.5. The summed E-state index contributed by atoms with van der Waals surface area (Å²) < 4.78 is 5.07. The number of rotatable bonds is 6. The quantitative estimate of drug-likeness (QED) is 0.738. The predicted octanol–water partition coefficient (Wildman–Crippen LogP) is 0.999. The SMILES string of the molecule is COCCN(C)C1CCC(CC(N)=O)CC1. The molecule has 0 saturated heterocycles. The summed E-state index contributed by atoms with van der Waals surface area (Å²) >= 11 is 0. The Morgan fingerprint density at radius 2 is 2.00 bits per heavy atom. The minimum atomic E-state index is -0.156. The zero-order valence-electron chi connectivity index (χ0n) is 10.4. The van der Waals surface area contributed by atoms with Gasteiger partial charge < -0.3 is 15.4 Å². The molecule has 0 aromatic rings. The van der Waals surface area contributed by atoms with Gasteiger partial charge in [0.25, 0.3) is 0 Å². The molecule has 1 amide bonds. The van der Waals surface area contributed by atoms with Crippen LogP contribution in [0.1, 0.15) is 32.1 Å². The van der Waals surface area contributed by atoms with Crippen molar-refractivity contribution in [1.82, 2.24) is 4.90 Å². The van der Waals surface area contributed by atoms with Gasteiger partial charge in [-0.2, -0.15) is 0 Å². The lowest BCUT2D eigenvalue weighted by molar-refractivity contribution is -0.119. The molecule has 1 rings (SSSR count). The van der Waals surface area contributed by atoms with Crippen LogP contribution < -0.4 is 5.73 Å². The van der Waals surface area contributed by atoms with Crippen molar-refractivity contribution in [3.8, 4) is 0 Å². The van der Waals surface area contributed by atoms with Crippen molar-refractivity contribution in [2.75, 3.05) is 27.3 Å². The number of nitrogens with zero attached hydrogens (tertiary/aromatic N) is 1. The fourth-order valence-electron chi connectivity index (χ4n) is 2.49. The zero-order chi connectivity index (χ0) is 12.0. The maximum absolute atomic E-state index is 10.8. The number of hydrogen-bond acceptors (Lipinski definition) is 3. The topological polar surface area (TPSA) is 55.6 Å². The van der Waals surface area contributed by atoms with E-state index in [4.69, 9.17) is 10.5 Å². The molecule has 0 aromatic heterocycles. The molecule has 0 bridgehead atoms. The van der Waals surface area contributed by atoms with Crippen LogP contribution in [0, 0.1) is 5.92 Å². The summed E-state index contributed by atoms with van der Waals surface area (Å²) in [5.41, 5.74) is 5.22. The van der Waals surface area contributed by atoms with Crippen molar-refractivity contribution < 1.29 is 9.53 Å². The first kappa shape index (κ1) is 13.5. The smallest absolute Gasteiger partial charge is 0.217 e. The standard InChI is InChI=1S/C12H24N2O2/c1-14(7-8-16-2)11-5-3-10(4-6-11)9-12(13)15/h10-11H,3-9H2,1-2H3,(H2,13,15). The molecular weight excluding hydrogens is 204 g/mol. The number of carbonyl (C=O) groups is 1. The first-order chi connectivity index (χ1) is 7.63. The second-order valence-corrected chi connectivity index (χ2v) is 4.82. The summed E-state index contributed by atoms with van der Waals surface area (Å²) in [6.07, 6.45) is 5.18. The van der Waals surface area contributed by atoms with Gasteiger partial charge in [0, 0.05) is 26.1 Å². The van der Waals surface area contributed by atoms with Crippen molar-refractivity contribution >= 4 is 5.91 Å². The van der Waals surface area contributed by atoms with E-state index < -0.39 is 0 Å². The Bertz CT molecular complexity index is 213. The number of ether oxygens (including phenoxy) is 1. The Morgan fingerprint density at radius 3 is 2.50 bits per heavy atom. The molecule has 0 unspecified atom stereocenters. The molecule has 1 fully saturated rings. The third kappa shape index (κ3) is 4.49. The molecule has 0 aliphatic heterocycles. The minimum Gasteiger partial charge on any atom is -0.383 e. The average molecular weight is 228 g/mol. The summed E-state index contributed by atoms with van der Waals surface area (Å²) in [6, 6.07) is 0.652. The molecule has 4 nitrogen and oxygen atoms in total. The number of primary amides is 1. The van der Waals surface area contributed by atoms with E-state index in [0.717, 1.165) is 26.0 Å². The molecule has 1 saturated carbocycles. The van der Waals surface area contributed by atoms with E-state index >= 15 is 0 Å². The minimum absolute atomic E-state index is 0.156. The average Bonchev–Trinajstić information content (AvgIpc) is 2.26. The van der Waals surface area contributed by atoms with Crippen LogP contribution in [0.5, 0.6) is 0 Å². The molecule has 0 atom stereocenters. The van der Waals surface area contributed by atoms with Crippen LogP contribution in [0.3, 0.4) is 0 Å². The van der Waals surface area contributed by atoms with Crippen molar-refractivity contribution in [3.05, 3.63) is 0 Å². The molecule has 0 aromatic carbocycles. The zero-order valence-corrected chi connectivity index (χ0v) is 10.4. The molecule has 94 valence electrons. The van der Waals surface area contributed by atoms with E-state index in [-0.39, 0.29) is 5.91 Å². The van der Waals surface area contributed by atoms with Gasteiger partial charge in [0.05, 0.1) is 6.61 Å². The van der Waals surface area contributed by atoms with Crippen molar-refractivity contribution in [2.24, 2.45) is 11.7 Å². The lowest BCUT2D eigenvalue weighted by atomic mass is 9.83. The van der Waals surface area contributed by atoms with Crippen LogP contribution in [-0.2, 0) is 9.53 Å². The third-order valence-electron chi connectivity index (χ3n) is 3.58. The lowest BCUT2D eigenvalue weighted by Crippen LogP contribution is -2.37. The van der Waals surface area contributed by atoms with Crippen LogP contribution in [-0.4, -0.2) is 44.2 Å². The normalized spacial score (nSPS) is 25.9. The van der Waals surface area contributed by atoms with Crippen molar-refractivity contribution in [1.29, 1.82) is 0 Å². The third-order valence-corrected chi connectivity index (χ3v) is 3.58. The maximum atomic E-state index is 10.8. The lowest BCUT2D eigenvalue weighted by Gasteiger charge is -2.34. The largest absolute Gasteiger partial charge is 0.383 e. The number of nitrogens with two attached hydrogens (primary N) is 1. The Balaban J connectivity index is 2.23. The van der Waals surface area contributed by atoms with Crippen LogP contribution in [0.25, 0.3) is 0 Å². The number of carbonyl (C=O) groups excluding carboxylic acids is 1. The Morgan fingerprint density at radius 1 is 1.38 bits per heavy atom. The van der Waals surface area contributed by atoms with Crippen LogP contribution in [0.15, 0.2) is 0 Å². The second kappa shape index (κ2) is 6.86. The van der Waals surface area contributed by atoms with Gasteiger partial charge in [-0.3, -0.25) is 4.79 Å². The maximum Gasteiger partial charge on any atom is 0.217 e. The fourth-order valence-corrected chi connectivity index (χ4v) is 2.49. The van der Waals surface area contributed by atoms with Crippen LogP contribution >= 0.6 is 0 Å². The van der Waals surface area contributed by atoms with Gasteiger partial charge in [-0.05, 0) is 38.6 Å². The highest BCUT2D eigenvalue weighted by Gasteiger charge is 2.24. The first-order valence-electron chi connectivity index (χ1n) is 6.11. The van der Waals surface area contributed by atoms with Gasteiger partial charge in [-0.15, -0.1) is 0 Å². The molecule has 0 spiro atoms. The van der Waals surface area contributed by atoms with E-state index in [9.17, 15) is 4.79 Å². The number of likely N-dealkylation sites (N-methyl/N-ethyl adjacent to an activating group) is 1. The molecule has 0 heterocycles. The van der Waals surface area contributed by atoms with E-state index in [0.29, 0.717) is 18.4 Å². The van der Waals surface area contributed by atoms with Gasteiger partial charge in [0.1, 0.15) is 0 Å². The summed E-state index contributed by atoms with van der Waals surface area (Å²) in [4.78, 5) is 13.2. The van der Waals surface area contributed by atoms with Gasteiger partial charge in [0.2, 0.25) is 5.91 Å². The van der Waals surface area contributed by atoms with Crippen molar-refractivity contribution in [2.45, 2.75) is 38.1 Å². The highest BCUT2D eigenvalue weighted by Crippen LogP contribution is 2.28. The molecular formula is C12H24N2O2. The Kier molecular flexibility index (Phi) is 5.77. The molecule has 1 aliphatic carbocycles. The summed E-state index contributed by atoms with van der Waals surface area (Å²) in [5, 5.41) is 0. The Labute approximate surface area is 98.1 Å². The fraction of sp³-hybridized carbons (Fsp3) is 0.917. The second-order valence-electron chi connectivity index (χ2n) is 4.82. The van der Waals surface area contributed by atoms with Gasteiger partial charge in [-0.1, -0.05) is 0 Å². The van der Waals surface area contributed by atoms with Gasteiger partial charge in [0.15, 0.2) is 0 Å². The molecule has 1 aliphatic rings. The van der Waals surface area contributed by atoms with Crippen LogP contribution in [0.2, 0.25) is 0 Å². The van der Waals surface area contributed by atoms with E-state index in [2.05, 4.69) is 11.9 Å². The van der Waals surface area contributed by atoms with E-state index in [1.54, 1.807) is 7.11 Å². The summed E-state index contributed by atoms with van der Waals surface area (Å²) in [6.45, 7) is 1.78. The molecule has 4 heteroatoms. The summed E-state index contributed by atoms with van der Waals surface area (Å²) in [7, 11) is 3.88. The van der Waals surface area contributed by atoms with E-state index in [1.807, 2.05) is 0 Å². The predicted molar refractivity (Wildman–Crippen MR) is 64.1 cm³/mol. The number of hydrogen-bond donors (Lipinski definition) is 1. The summed E-state index contributed by atoms with van der Waals surface area (Å²) in [5.74, 6) is 0.362. The number of amides is 1. The number of methoxy groups -OCH3 is 1. The van der Waals surface area contributed by atoms with E-state index in [1.165, 1.54) is 12.8 Å². The van der Waals surface area contributed by atoms with Crippen LogP contribution in [0.4, 0.5) is 0 Å². The van der Waals surface area contributed by atoms with Crippen molar-refractivity contribution in [3.63, 3.8) is 0 Å². The highest BCUT2D eigenvalue weighted by molar-refractivity contribution is 5.73. The monoisotopic (exact) mass is 228 g/mol. The molecule has 0 radical (unpaired) electrons. The molecule has 2 N–H and O–H groups in total. The van der Waals surface area contributed by atoms with Gasteiger partial charge in [-0.25, -0.2) is 0 Å². The Hall–Kier alpha value is -0.610. The van der Waals surface area contributed by atoms with Gasteiger partial charge >= 0.3 is 0 Å². The molecule has 16 heavy (non-hydrogen) atoms. The first-order valence-corrected chi connectivity index (χ1v) is 6.11.